The molecule has 0 bridgehead atoms. The van der Waals surface area contributed by atoms with Gasteiger partial charge in [-0.3, -0.25) is 4.79 Å². The minimum absolute atomic E-state index is 0.116. The molecule has 0 aromatic rings. The van der Waals surface area contributed by atoms with Gasteiger partial charge >= 0.3 is 0 Å². The Morgan fingerprint density at radius 2 is 1.85 bits per heavy atom. The molecule has 0 spiro atoms. The van der Waals surface area contributed by atoms with Crippen LogP contribution in [-0.4, -0.2) is 52.5 Å². The zero-order valence-electron chi connectivity index (χ0n) is 7.03. The summed E-state index contributed by atoms with van der Waals surface area (Å²) in [5.74, 6) is 0. The van der Waals surface area contributed by atoms with Crippen molar-refractivity contribution in [2.75, 3.05) is 0 Å². The summed E-state index contributed by atoms with van der Waals surface area (Å²) in [4.78, 5) is 9.96. The van der Waals surface area contributed by atoms with E-state index in [1.807, 2.05) is 0 Å². The standard InChI is InChI=1S/C7H12O6/c1-3-4(9)5(10)6(11)7(13-3)12-2-8/h2-7,9-11H,1H3/t3-,4?,5-,6+,7?/m1/s1. The van der Waals surface area contributed by atoms with Crippen LogP contribution in [0.3, 0.4) is 0 Å². The number of aliphatic hydroxyl groups excluding tert-OH is 3. The van der Waals surface area contributed by atoms with Crippen LogP contribution in [0.4, 0.5) is 0 Å². The van der Waals surface area contributed by atoms with Crippen LogP contribution in [0.5, 0.6) is 0 Å². The summed E-state index contributed by atoms with van der Waals surface area (Å²) >= 11 is 0. The van der Waals surface area contributed by atoms with Crippen LogP contribution in [0, 0.1) is 0 Å². The van der Waals surface area contributed by atoms with E-state index in [0.717, 1.165) is 0 Å². The fourth-order valence-electron chi connectivity index (χ4n) is 1.18. The predicted octanol–water partition coefficient (Wildman–Crippen LogP) is -2.01. The molecule has 13 heavy (non-hydrogen) atoms. The predicted molar refractivity (Wildman–Crippen MR) is 39.5 cm³/mol. The van der Waals surface area contributed by atoms with E-state index in [1.54, 1.807) is 0 Å². The summed E-state index contributed by atoms with van der Waals surface area (Å²) in [5, 5.41) is 27.7. The van der Waals surface area contributed by atoms with Gasteiger partial charge in [-0.2, -0.15) is 0 Å². The van der Waals surface area contributed by atoms with Crippen molar-refractivity contribution in [1.82, 2.24) is 0 Å². The number of carbonyl (C=O) groups is 1. The van der Waals surface area contributed by atoms with Crippen LogP contribution < -0.4 is 0 Å². The highest BCUT2D eigenvalue weighted by Crippen LogP contribution is 2.20. The van der Waals surface area contributed by atoms with Crippen LogP contribution in [0.15, 0.2) is 0 Å². The molecule has 5 atom stereocenters. The zero-order valence-corrected chi connectivity index (χ0v) is 7.03. The summed E-state index contributed by atoms with van der Waals surface area (Å²) in [5.41, 5.74) is 0. The first-order chi connectivity index (χ1) is 6.07. The third-order valence-corrected chi connectivity index (χ3v) is 2.00. The molecule has 0 radical (unpaired) electrons. The smallest absolute Gasteiger partial charge is 0.295 e. The Kier molecular flexibility index (Phi) is 3.21. The zero-order chi connectivity index (χ0) is 10.0. The van der Waals surface area contributed by atoms with Crippen molar-refractivity contribution in [3.63, 3.8) is 0 Å². The van der Waals surface area contributed by atoms with Crippen molar-refractivity contribution in [3.05, 3.63) is 0 Å². The summed E-state index contributed by atoms with van der Waals surface area (Å²) in [6.45, 7) is 1.62. The van der Waals surface area contributed by atoms with Gasteiger partial charge in [0.15, 0.2) is 0 Å². The molecule has 0 aromatic carbocycles. The number of hydrogen-bond acceptors (Lipinski definition) is 6. The maximum Gasteiger partial charge on any atom is 0.295 e. The second-order valence-electron chi connectivity index (χ2n) is 2.91. The lowest BCUT2D eigenvalue weighted by molar-refractivity contribution is -0.280. The highest BCUT2D eigenvalue weighted by Gasteiger charge is 2.42. The van der Waals surface area contributed by atoms with Crippen LogP contribution in [-0.2, 0) is 14.3 Å². The van der Waals surface area contributed by atoms with Gasteiger partial charge in [-0.1, -0.05) is 0 Å². The van der Waals surface area contributed by atoms with Crippen molar-refractivity contribution >= 4 is 6.47 Å². The first-order valence-electron chi connectivity index (χ1n) is 3.86. The maximum atomic E-state index is 9.96. The Morgan fingerprint density at radius 3 is 2.38 bits per heavy atom. The minimum atomic E-state index is -1.42. The van der Waals surface area contributed by atoms with E-state index in [0.29, 0.717) is 0 Å². The Labute approximate surface area is 74.7 Å². The molecule has 6 nitrogen and oxygen atoms in total. The average molecular weight is 192 g/mol. The van der Waals surface area contributed by atoms with E-state index in [4.69, 9.17) is 4.74 Å². The highest BCUT2D eigenvalue weighted by atomic mass is 16.7. The quantitative estimate of drug-likeness (QED) is 0.437. The normalized spacial score (nSPS) is 45.7. The van der Waals surface area contributed by atoms with Gasteiger partial charge in [0, 0.05) is 0 Å². The first-order valence-corrected chi connectivity index (χ1v) is 3.86. The van der Waals surface area contributed by atoms with Crippen molar-refractivity contribution in [2.24, 2.45) is 0 Å². The van der Waals surface area contributed by atoms with Gasteiger partial charge in [0.05, 0.1) is 6.10 Å². The summed E-state index contributed by atoms with van der Waals surface area (Å²) < 4.78 is 9.27. The van der Waals surface area contributed by atoms with Crippen molar-refractivity contribution in [1.29, 1.82) is 0 Å². The van der Waals surface area contributed by atoms with Gasteiger partial charge in [0.1, 0.15) is 18.3 Å². The highest BCUT2D eigenvalue weighted by molar-refractivity contribution is 5.37. The molecule has 1 fully saturated rings. The second kappa shape index (κ2) is 4.01. The van der Waals surface area contributed by atoms with Gasteiger partial charge in [0.2, 0.25) is 6.29 Å². The van der Waals surface area contributed by atoms with Gasteiger partial charge in [-0.25, -0.2) is 0 Å². The molecule has 3 N–H and O–H groups in total. The molecule has 0 aliphatic carbocycles. The molecule has 1 aliphatic rings. The molecule has 0 aromatic heterocycles. The van der Waals surface area contributed by atoms with E-state index < -0.39 is 30.7 Å². The summed E-state index contributed by atoms with van der Waals surface area (Å²) in [6.07, 6.45) is -5.87. The lowest BCUT2D eigenvalue weighted by Gasteiger charge is -2.37. The SMILES string of the molecule is C[C@H]1OC(OC=O)[C@@H](O)[C@H](O)C1O. The van der Waals surface area contributed by atoms with Crippen LogP contribution >= 0.6 is 0 Å². The Bertz CT molecular complexity index is 184. The van der Waals surface area contributed by atoms with E-state index in [1.165, 1.54) is 6.92 Å². The molecule has 1 rings (SSSR count). The van der Waals surface area contributed by atoms with E-state index in [2.05, 4.69) is 4.74 Å². The Morgan fingerprint density at radius 1 is 1.23 bits per heavy atom. The molecular weight excluding hydrogens is 180 g/mol. The largest absolute Gasteiger partial charge is 0.435 e. The van der Waals surface area contributed by atoms with E-state index >= 15 is 0 Å². The number of hydrogen-bond donors (Lipinski definition) is 3. The Hall–Kier alpha value is -0.690. The number of ether oxygens (including phenoxy) is 2. The maximum absolute atomic E-state index is 9.96. The molecule has 2 unspecified atom stereocenters. The molecular formula is C7H12O6. The van der Waals surface area contributed by atoms with Crippen molar-refractivity contribution in [3.8, 4) is 0 Å². The third kappa shape index (κ3) is 1.97. The van der Waals surface area contributed by atoms with E-state index in [9.17, 15) is 20.1 Å². The van der Waals surface area contributed by atoms with Gasteiger partial charge in [0.25, 0.3) is 6.47 Å². The first kappa shape index (κ1) is 10.4. The van der Waals surface area contributed by atoms with Crippen LogP contribution in [0.25, 0.3) is 0 Å². The van der Waals surface area contributed by atoms with E-state index in [-0.39, 0.29) is 6.47 Å². The van der Waals surface area contributed by atoms with Crippen LogP contribution in [0.2, 0.25) is 0 Å². The molecule has 76 valence electrons. The van der Waals surface area contributed by atoms with Gasteiger partial charge in [-0.05, 0) is 6.92 Å². The summed E-state index contributed by atoms with van der Waals surface area (Å²) in [7, 11) is 0. The number of aliphatic hydroxyl groups is 3. The van der Waals surface area contributed by atoms with Crippen molar-refractivity contribution in [2.45, 2.75) is 37.6 Å². The minimum Gasteiger partial charge on any atom is -0.435 e. The molecule has 0 amide bonds. The third-order valence-electron chi connectivity index (χ3n) is 2.00. The topological polar surface area (TPSA) is 96.2 Å². The number of rotatable bonds is 2. The molecule has 1 aliphatic heterocycles. The monoisotopic (exact) mass is 192 g/mol. The lowest BCUT2D eigenvalue weighted by Crippen LogP contribution is -2.57. The average Bonchev–Trinajstić information content (AvgIpc) is 2.11. The second-order valence-corrected chi connectivity index (χ2v) is 2.91. The molecule has 0 saturated carbocycles. The fourth-order valence-corrected chi connectivity index (χ4v) is 1.18. The van der Waals surface area contributed by atoms with Crippen molar-refractivity contribution < 1.29 is 29.6 Å². The fraction of sp³-hybridized carbons (Fsp3) is 0.857. The van der Waals surface area contributed by atoms with Gasteiger partial charge in [-0.15, -0.1) is 0 Å². The molecule has 1 saturated heterocycles. The van der Waals surface area contributed by atoms with Crippen LogP contribution in [0.1, 0.15) is 6.92 Å². The molecule has 1 heterocycles. The lowest BCUT2D eigenvalue weighted by atomic mass is 10.0. The summed E-state index contributed by atoms with van der Waals surface area (Å²) in [6, 6.07) is 0. The number of carbonyl (C=O) groups excluding carboxylic acids is 1. The molecule has 6 heteroatoms. The van der Waals surface area contributed by atoms with Gasteiger partial charge < -0.3 is 24.8 Å². The Balaban J connectivity index is 2.64.